The van der Waals surface area contributed by atoms with Gasteiger partial charge in [-0.05, 0) is 31.0 Å². The Labute approximate surface area is 130 Å². The number of anilines is 1. The third kappa shape index (κ3) is 3.74. The van der Waals surface area contributed by atoms with Crippen molar-refractivity contribution in [1.82, 2.24) is 9.03 Å². The van der Waals surface area contributed by atoms with Crippen LogP contribution in [0.1, 0.15) is 18.4 Å². The molecule has 1 aromatic rings. The minimum absolute atomic E-state index is 0.267. The lowest BCUT2D eigenvalue weighted by Gasteiger charge is -2.35. The Morgan fingerprint density at radius 2 is 2.18 bits per heavy atom. The summed E-state index contributed by atoms with van der Waals surface area (Å²) < 4.78 is 41.6. The highest BCUT2D eigenvalue weighted by molar-refractivity contribution is 7.87. The van der Waals surface area contributed by atoms with E-state index in [0.717, 1.165) is 10.7 Å². The largest absolute Gasteiger partial charge is 0.368 e. The zero-order valence-corrected chi connectivity index (χ0v) is 13.4. The Morgan fingerprint density at radius 3 is 2.77 bits per heavy atom. The molecule has 1 N–H and O–H groups in total. The molecule has 22 heavy (non-hydrogen) atoms. The standard InChI is InChI=1S/C14H19FN4O2S/c1-18(2)22(20,21)17-12-4-3-7-19(10-12)14-6-5-11(9-16)8-13(14)15/h5-6,8,12,17H,3-4,7,10H2,1-2H3/t12-/m0/s1. The molecule has 120 valence electrons. The highest BCUT2D eigenvalue weighted by Gasteiger charge is 2.26. The van der Waals surface area contributed by atoms with E-state index in [9.17, 15) is 12.8 Å². The third-order valence-electron chi connectivity index (χ3n) is 3.64. The van der Waals surface area contributed by atoms with Gasteiger partial charge in [-0.2, -0.15) is 22.7 Å². The molecule has 1 atom stereocenters. The number of halogens is 1. The Kier molecular flexibility index (Phi) is 5.01. The van der Waals surface area contributed by atoms with Crippen LogP contribution < -0.4 is 9.62 Å². The SMILES string of the molecule is CN(C)S(=O)(=O)N[C@H]1CCCN(c2ccc(C#N)cc2F)C1. The molecule has 8 heteroatoms. The van der Waals surface area contributed by atoms with Gasteiger partial charge in [0.15, 0.2) is 0 Å². The number of hydrogen-bond donors (Lipinski definition) is 1. The molecular formula is C14H19FN4O2S. The zero-order valence-electron chi connectivity index (χ0n) is 12.6. The van der Waals surface area contributed by atoms with E-state index in [1.165, 1.54) is 20.2 Å². The fraction of sp³-hybridized carbons (Fsp3) is 0.500. The minimum atomic E-state index is -3.50. The highest BCUT2D eigenvalue weighted by Crippen LogP contribution is 2.24. The van der Waals surface area contributed by atoms with E-state index >= 15 is 0 Å². The van der Waals surface area contributed by atoms with Crippen LogP contribution >= 0.6 is 0 Å². The lowest BCUT2D eigenvalue weighted by Crippen LogP contribution is -2.50. The monoisotopic (exact) mass is 326 g/mol. The second-order valence-electron chi connectivity index (χ2n) is 5.47. The first kappa shape index (κ1) is 16.7. The van der Waals surface area contributed by atoms with E-state index in [-0.39, 0.29) is 11.6 Å². The van der Waals surface area contributed by atoms with E-state index in [1.807, 2.05) is 11.0 Å². The summed E-state index contributed by atoms with van der Waals surface area (Å²) in [6, 6.07) is 5.95. The Hall–Kier alpha value is -1.69. The second-order valence-corrected chi connectivity index (χ2v) is 7.38. The average molecular weight is 326 g/mol. The normalized spacial score (nSPS) is 19.2. The van der Waals surface area contributed by atoms with Gasteiger partial charge in [0, 0.05) is 33.2 Å². The number of nitriles is 1. The van der Waals surface area contributed by atoms with Gasteiger partial charge in [0.2, 0.25) is 0 Å². The summed E-state index contributed by atoms with van der Waals surface area (Å²) in [5.74, 6) is -0.463. The first-order valence-electron chi connectivity index (χ1n) is 6.98. The van der Waals surface area contributed by atoms with Crippen molar-refractivity contribution in [3.05, 3.63) is 29.6 Å². The van der Waals surface area contributed by atoms with Crippen LogP contribution in [0.2, 0.25) is 0 Å². The van der Waals surface area contributed by atoms with Crippen LogP contribution in [0.25, 0.3) is 0 Å². The smallest absolute Gasteiger partial charge is 0.279 e. The van der Waals surface area contributed by atoms with Crippen LogP contribution in [0, 0.1) is 17.1 Å². The van der Waals surface area contributed by atoms with Gasteiger partial charge in [0.25, 0.3) is 10.2 Å². The number of nitrogens with one attached hydrogen (secondary N) is 1. The Morgan fingerprint density at radius 1 is 1.45 bits per heavy atom. The Balaban J connectivity index is 2.13. The van der Waals surface area contributed by atoms with Gasteiger partial charge in [-0.25, -0.2) is 4.39 Å². The van der Waals surface area contributed by atoms with E-state index in [1.54, 1.807) is 12.1 Å². The molecule has 0 aromatic heterocycles. The molecule has 0 aliphatic carbocycles. The van der Waals surface area contributed by atoms with Gasteiger partial charge in [-0.1, -0.05) is 0 Å². The fourth-order valence-corrected chi connectivity index (χ4v) is 3.27. The van der Waals surface area contributed by atoms with Gasteiger partial charge in [-0.3, -0.25) is 0 Å². The molecule has 1 aromatic carbocycles. The number of piperidine rings is 1. The molecule has 0 bridgehead atoms. The van der Waals surface area contributed by atoms with Crippen molar-refractivity contribution in [2.75, 3.05) is 32.1 Å². The molecule has 0 amide bonds. The van der Waals surface area contributed by atoms with E-state index in [2.05, 4.69) is 4.72 Å². The first-order chi connectivity index (χ1) is 10.3. The topological polar surface area (TPSA) is 76.4 Å². The molecule has 1 fully saturated rings. The van der Waals surface area contributed by atoms with Crippen molar-refractivity contribution in [3.8, 4) is 6.07 Å². The zero-order chi connectivity index (χ0) is 16.3. The number of rotatable bonds is 4. The Bertz CT molecular complexity index is 685. The highest BCUT2D eigenvalue weighted by atomic mass is 32.2. The van der Waals surface area contributed by atoms with Crippen molar-refractivity contribution in [1.29, 1.82) is 5.26 Å². The predicted molar refractivity (Wildman–Crippen MR) is 82.1 cm³/mol. The third-order valence-corrected chi connectivity index (χ3v) is 5.23. The van der Waals surface area contributed by atoms with Crippen LogP contribution in [0.15, 0.2) is 18.2 Å². The predicted octanol–water partition coefficient (Wildman–Crippen LogP) is 1.06. The van der Waals surface area contributed by atoms with Crippen molar-refractivity contribution >= 4 is 15.9 Å². The van der Waals surface area contributed by atoms with Crippen molar-refractivity contribution in [3.63, 3.8) is 0 Å². The maximum absolute atomic E-state index is 14.1. The van der Waals surface area contributed by atoms with Gasteiger partial charge in [0.1, 0.15) is 5.82 Å². The van der Waals surface area contributed by atoms with Gasteiger partial charge >= 0.3 is 0 Å². The summed E-state index contributed by atoms with van der Waals surface area (Å²) in [6.45, 7) is 1.05. The van der Waals surface area contributed by atoms with Crippen LogP contribution in [-0.2, 0) is 10.2 Å². The average Bonchev–Trinajstić information content (AvgIpc) is 2.46. The van der Waals surface area contributed by atoms with Crippen molar-refractivity contribution in [2.24, 2.45) is 0 Å². The number of hydrogen-bond acceptors (Lipinski definition) is 4. The molecule has 0 spiro atoms. The molecule has 6 nitrogen and oxygen atoms in total. The van der Waals surface area contributed by atoms with E-state index in [4.69, 9.17) is 5.26 Å². The van der Waals surface area contributed by atoms with Gasteiger partial charge in [-0.15, -0.1) is 0 Å². The quantitative estimate of drug-likeness (QED) is 0.898. The van der Waals surface area contributed by atoms with Gasteiger partial charge < -0.3 is 4.90 Å². The molecule has 1 aliphatic heterocycles. The van der Waals surface area contributed by atoms with Crippen molar-refractivity contribution < 1.29 is 12.8 Å². The van der Waals surface area contributed by atoms with Crippen LogP contribution in [0.3, 0.4) is 0 Å². The van der Waals surface area contributed by atoms with Crippen LogP contribution in [0.4, 0.5) is 10.1 Å². The maximum Gasteiger partial charge on any atom is 0.279 e. The molecule has 2 rings (SSSR count). The van der Waals surface area contributed by atoms with Crippen molar-refractivity contribution in [2.45, 2.75) is 18.9 Å². The van der Waals surface area contributed by atoms with E-state index < -0.39 is 16.0 Å². The maximum atomic E-state index is 14.1. The molecule has 1 aliphatic rings. The second kappa shape index (κ2) is 6.60. The number of benzene rings is 1. The molecule has 1 heterocycles. The molecule has 0 saturated carbocycles. The van der Waals surface area contributed by atoms with Crippen LogP contribution in [-0.4, -0.2) is 45.9 Å². The minimum Gasteiger partial charge on any atom is -0.368 e. The fourth-order valence-electron chi connectivity index (χ4n) is 2.44. The lowest BCUT2D eigenvalue weighted by atomic mass is 10.1. The number of nitrogens with zero attached hydrogens (tertiary/aromatic N) is 3. The molecule has 1 saturated heterocycles. The van der Waals surface area contributed by atoms with Crippen LogP contribution in [0.5, 0.6) is 0 Å². The molecule has 0 radical (unpaired) electrons. The van der Waals surface area contributed by atoms with E-state index in [0.29, 0.717) is 25.2 Å². The van der Waals surface area contributed by atoms with Gasteiger partial charge in [0.05, 0.1) is 17.3 Å². The molecular weight excluding hydrogens is 307 g/mol. The summed E-state index contributed by atoms with van der Waals surface area (Å²) in [4.78, 5) is 1.81. The first-order valence-corrected chi connectivity index (χ1v) is 8.42. The summed E-state index contributed by atoms with van der Waals surface area (Å²) in [7, 11) is -0.581. The summed E-state index contributed by atoms with van der Waals surface area (Å²) >= 11 is 0. The summed E-state index contributed by atoms with van der Waals surface area (Å²) in [5.41, 5.74) is 0.663. The molecule has 0 unspecified atom stereocenters. The summed E-state index contributed by atoms with van der Waals surface area (Å²) in [6.07, 6.45) is 1.47. The summed E-state index contributed by atoms with van der Waals surface area (Å²) in [5, 5.41) is 8.77. The lowest BCUT2D eigenvalue weighted by molar-refractivity contribution is 0.440.